The lowest BCUT2D eigenvalue weighted by atomic mass is 9.88. The highest BCUT2D eigenvalue weighted by molar-refractivity contribution is 9.11. The van der Waals surface area contributed by atoms with Crippen LogP contribution in [0.4, 0.5) is 0 Å². The van der Waals surface area contributed by atoms with Crippen LogP contribution < -0.4 is 10.9 Å². The number of hydrogen-bond acceptors (Lipinski definition) is 4. The molecule has 7 aromatic rings. The van der Waals surface area contributed by atoms with Crippen molar-refractivity contribution in [1.29, 1.82) is 0 Å². The van der Waals surface area contributed by atoms with Gasteiger partial charge in [0, 0.05) is 31.3 Å². The van der Waals surface area contributed by atoms with E-state index in [1.165, 1.54) is 136 Å². The fourth-order valence-corrected chi connectivity index (χ4v) is 12.6. The topological polar surface area (TPSA) is 34.1 Å². The summed E-state index contributed by atoms with van der Waals surface area (Å²) < 4.78 is 2.23. The second-order valence-corrected chi connectivity index (χ2v) is 21.5. The van der Waals surface area contributed by atoms with Gasteiger partial charge in [0.1, 0.15) is 0 Å². The number of halogens is 2. The SMILES string of the molecule is CCCCCCCCCCCCC(CCCCCCCC)Cc1cc(Br)sc1-c1ccc2c(c1)c(=O)c1cc3c(cc12)c(=O)c1cc(-c2sc(Br)cc2C)ccc13. The van der Waals surface area contributed by atoms with E-state index in [4.69, 9.17) is 0 Å². The third kappa shape index (κ3) is 9.88. The van der Waals surface area contributed by atoms with Gasteiger partial charge in [-0.2, -0.15) is 0 Å². The highest BCUT2D eigenvalue weighted by atomic mass is 79.9. The predicted octanol–water partition coefficient (Wildman–Crippen LogP) is 17.4. The van der Waals surface area contributed by atoms with Crippen LogP contribution in [0.2, 0.25) is 0 Å². The summed E-state index contributed by atoms with van der Waals surface area (Å²) in [5.41, 5.74) is 4.86. The summed E-state index contributed by atoms with van der Waals surface area (Å²) in [7, 11) is 0. The molecule has 2 nitrogen and oxygen atoms in total. The maximum Gasteiger partial charge on any atom is 0.194 e. The van der Waals surface area contributed by atoms with Crippen molar-refractivity contribution < 1.29 is 0 Å². The fraction of sp³-hybridized carbons (Fsp3) is 0.451. The summed E-state index contributed by atoms with van der Waals surface area (Å²) in [5, 5.41) is 6.46. The first-order valence-electron chi connectivity index (χ1n) is 21.9. The van der Waals surface area contributed by atoms with Gasteiger partial charge in [0.05, 0.1) is 7.57 Å². The standard InChI is InChI=1S/C51H58Br2O2S2/c1-4-6-8-10-12-13-14-15-17-19-21-34(20-18-16-11-9-7-5-2)27-37-30-47(53)57-51(37)36-23-25-39-41-32-44-40(31-45(41)49(55)43(39)29-36)38-24-22-35(28-42(38)48(44)54)50-33(3)26-46(52)56-50/h22-26,28-32,34H,4-21,27H2,1-3H3. The highest BCUT2D eigenvalue weighted by Gasteiger charge is 2.21. The van der Waals surface area contributed by atoms with Crippen molar-refractivity contribution in [2.24, 2.45) is 5.92 Å². The highest BCUT2D eigenvalue weighted by Crippen LogP contribution is 2.41. The molecule has 0 radical (unpaired) electrons. The van der Waals surface area contributed by atoms with Gasteiger partial charge in [-0.25, -0.2) is 0 Å². The average molecular weight is 927 g/mol. The van der Waals surface area contributed by atoms with Crippen molar-refractivity contribution in [3.63, 3.8) is 0 Å². The summed E-state index contributed by atoms with van der Waals surface area (Å²) in [6.07, 6.45) is 25.5. The molecular formula is C51H58Br2O2S2. The zero-order chi connectivity index (χ0) is 39.9. The van der Waals surface area contributed by atoms with Crippen LogP contribution in [0.25, 0.3) is 64.0 Å². The Labute approximate surface area is 364 Å². The molecule has 0 spiro atoms. The zero-order valence-corrected chi connectivity index (χ0v) is 39.0. The summed E-state index contributed by atoms with van der Waals surface area (Å²) >= 11 is 10.9. The number of hydrogen-bond donors (Lipinski definition) is 0. The van der Waals surface area contributed by atoms with Gasteiger partial charge in [0.2, 0.25) is 0 Å². The molecule has 0 saturated carbocycles. The van der Waals surface area contributed by atoms with E-state index in [9.17, 15) is 9.59 Å². The molecule has 0 fully saturated rings. The number of rotatable bonds is 22. The van der Waals surface area contributed by atoms with E-state index in [0.717, 1.165) is 57.4 Å². The largest absolute Gasteiger partial charge is 0.289 e. The molecule has 0 aliphatic carbocycles. The van der Waals surface area contributed by atoms with Gasteiger partial charge < -0.3 is 0 Å². The van der Waals surface area contributed by atoms with Crippen molar-refractivity contribution in [1.82, 2.24) is 0 Å². The molecule has 0 N–H and O–H groups in total. The molecule has 0 saturated heterocycles. The van der Waals surface area contributed by atoms with Gasteiger partial charge >= 0.3 is 0 Å². The lowest BCUT2D eigenvalue weighted by Gasteiger charge is -2.18. The molecule has 5 aromatic carbocycles. The van der Waals surface area contributed by atoms with Crippen LogP contribution in [0, 0.1) is 12.8 Å². The second kappa shape index (κ2) is 20.1. The molecule has 0 bridgehead atoms. The molecule has 0 aliphatic heterocycles. The average Bonchev–Trinajstić information content (AvgIpc) is 3.92. The van der Waals surface area contributed by atoms with Gasteiger partial charge in [0.25, 0.3) is 0 Å². The van der Waals surface area contributed by atoms with Crippen molar-refractivity contribution >= 4 is 97.6 Å². The Bertz CT molecular complexity index is 2530. The normalized spacial score (nSPS) is 12.6. The lowest BCUT2D eigenvalue weighted by molar-refractivity contribution is 0.400. The lowest BCUT2D eigenvalue weighted by Crippen LogP contribution is -2.06. The van der Waals surface area contributed by atoms with E-state index in [1.54, 1.807) is 22.7 Å². The van der Waals surface area contributed by atoms with E-state index >= 15 is 0 Å². The van der Waals surface area contributed by atoms with Gasteiger partial charge in [-0.3, -0.25) is 9.59 Å². The molecule has 1 unspecified atom stereocenters. The van der Waals surface area contributed by atoms with Crippen LogP contribution in [0.3, 0.4) is 0 Å². The number of thiophene rings is 2. The molecule has 300 valence electrons. The fourth-order valence-electron chi connectivity index (χ4n) is 9.24. The molecule has 0 amide bonds. The summed E-state index contributed by atoms with van der Waals surface area (Å²) in [4.78, 5) is 30.6. The number of unbranched alkanes of at least 4 members (excludes halogenated alkanes) is 14. The van der Waals surface area contributed by atoms with E-state index in [0.29, 0.717) is 16.7 Å². The van der Waals surface area contributed by atoms with Crippen LogP contribution in [0.5, 0.6) is 0 Å². The molecule has 2 aromatic heterocycles. The molecule has 57 heavy (non-hydrogen) atoms. The van der Waals surface area contributed by atoms with E-state index in [-0.39, 0.29) is 10.9 Å². The number of benzene rings is 3. The second-order valence-electron chi connectivity index (χ2n) is 16.7. The first-order chi connectivity index (χ1) is 27.8. The quantitative estimate of drug-likeness (QED) is 0.0635. The Kier molecular flexibility index (Phi) is 15.0. The zero-order valence-electron chi connectivity index (χ0n) is 34.2. The smallest absolute Gasteiger partial charge is 0.194 e. The van der Waals surface area contributed by atoms with Crippen LogP contribution >= 0.6 is 54.5 Å². The number of fused-ring (bicyclic) bond motifs is 6. The van der Waals surface area contributed by atoms with Crippen molar-refractivity contribution in [2.75, 3.05) is 0 Å². The monoisotopic (exact) mass is 924 g/mol. The maximum absolute atomic E-state index is 14.2. The van der Waals surface area contributed by atoms with Gasteiger partial charge in [-0.05, 0) is 131 Å². The molecular weight excluding hydrogens is 869 g/mol. The van der Waals surface area contributed by atoms with Crippen LogP contribution in [0.15, 0.2) is 77.8 Å². The molecule has 7 rings (SSSR count). The summed E-state index contributed by atoms with van der Waals surface area (Å²) in [6.45, 7) is 6.69. The van der Waals surface area contributed by atoms with Crippen molar-refractivity contribution in [3.05, 3.63) is 99.8 Å². The van der Waals surface area contributed by atoms with Gasteiger partial charge in [0.15, 0.2) is 10.9 Å². The van der Waals surface area contributed by atoms with E-state index in [2.05, 4.69) is 95.1 Å². The minimum Gasteiger partial charge on any atom is -0.289 e. The van der Waals surface area contributed by atoms with Crippen molar-refractivity contribution in [2.45, 2.75) is 143 Å². The summed E-state index contributed by atoms with van der Waals surface area (Å²) in [5.74, 6) is 0.681. The van der Waals surface area contributed by atoms with Gasteiger partial charge in [-0.1, -0.05) is 154 Å². The molecule has 1 atom stereocenters. The molecule has 2 heterocycles. The molecule has 6 heteroatoms. The Morgan fingerprint density at radius 2 is 0.895 bits per heavy atom. The van der Waals surface area contributed by atoms with Crippen LogP contribution in [-0.4, -0.2) is 0 Å². The first-order valence-corrected chi connectivity index (χ1v) is 25.1. The minimum atomic E-state index is 0.0387. The van der Waals surface area contributed by atoms with Gasteiger partial charge in [-0.15, -0.1) is 22.7 Å². The Balaban J connectivity index is 1.11. The first kappa shape index (κ1) is 42.5. The molecule has 0 aliphatic rings. The minimum absolute atomic E-state index is 0.0387. The Morgan fingerprint density at radius 1 is 0.474 bits per heavy atom. The Morgan fingerprint density at radius 3 is 1.37 bits per heavy atom. The third-order valence-corrected chi connectivity index (χ3v) is 15.9. The van der Waals surface area contributed by atoms with Crippen molar-refractivity contribution in [3.8, 4) is 20.9 Å². The number of aryl methyl sites for hydroxylation is 1. The van der Waals surface area contributed by atoms with E-state index in [1.807, 2.05) is 18.2 Å². The Hall–Kier alpha value is -2.64. The third-order valence-electron chi connectivity index (χ3n) is 12.4. The maximum atomic E-state index is 14.2. The van der Waals surface area contributed by atoms with E-state index < -0.39 is 0 Å². The van der Waals surface area contributed by atoms with Crippen LogP contribution in [-0.2, 0) is 6.42 Å². The summed E-state index contributed by atoms with van der Waals surface area (Å²) in [6, 6.07) is 21.1. The predicted molar refractivity (Wildman–Crippen MR) is 260 cm³/mol. The van der Waals surface area contributed by atoms with Crippen LogP contribution in [0.1, 0.15) is 141 Å².